The summed E-state index contributed by atoms with van der Waals surface area (Å²) in [7, 11) is -8.67. The van der Waals surface area contributed by atoms with Gasteiger partial charge < -0.3 is 19.3 Å². The van der Waals surface area contributed by atoms with E-state index in [4.69, 9.17) is 14.2 Å². The van der Waals surface area contributed by atoms with Crippen molar-refractivity contribution < 1.29 is 72.1 Å². The normalized spacial score (nSPS) is 18.7. The van der Waals surface area contributed by atoms with Gasteiger partial charge in [-0.25, -0.2) is 21.6 Å². The summed E-state index contributed by atoms with van der Waals surface area (Å²) < 4.78 is 147. The molecule has 2 unspecified atom stereocenters. The van der Waals surface area contributed by atoms with Gasteiger partial charge in [-0.2, -0.15) is 35.0 Å². The van der Waals surface area contributed by atoms with Crippen LogP contribution in [0.2, 0.25) is 0 Å². The van der Waals surface area contributed by atoms with Gasteiger partial charge in [0, 0.05) is 25.2 Å². The molecule has 0 saturated carbocycles. The molecule has 2 aromatic rings. The number of esters is 2. The molecule has 0 aromatic heterocycles. The number of halogens is 7. The summed E-state index contributed by atoms with van der Waals surface area (Å²) in [6.07, 6.45) is -6.08. The predicted molar refractivity (Wildman–Crippen MR) is 209 cm³/mol. The lowest BCUT2D eigenvalue weighted by molar-refractivity contribution is -0.160. The maximum absolute atomic E-state index is 13.3. The topological polar surface area (TPSA) is 157 Å². The molecule has 336 valence electrons. The highest BCUT2D eigenvalue weighted by Gasteiger charge is 2.42. The third kappa shape index (κ3) is 16.5. The molecular weight excluding hydrogens is 902 g/mol. The Morgan fingerprint density at radius 2 is 1.07 bits per heavy atom. The van der Waals surface area contributed by atoms with E-state index >= 15 is 0 Å². The van der Waals surface area contributed by atoms with Crippen LogP contribution in [-0.2, 0) is 56.2 Å². The smallest absolute Gasteiger partial charge is 0.417 e. The van der Waals surface area contributed by atoms with Crippen LogP contribution >= 0.6 is 15.9 Å². The van der Waals surface area contributed by atoms with E-state index in [1.165, 1.54) is 12.1 Å². The first-order chi connectivity index (χ1) is 27.1. The molecule has 2 saturated heterocycles. The van der Waals surface area contributed by atoms with Gasteiger partial charge >= 0.3 is 24.3 Å². The van der Waals surface area contributed by atoms with Gasteiger partial charge in [0.1, 0.15) is 23.1 Å². The zero-order valence-corrected chi connectivity index (χ0v) is 37.0. The number of aliphatic hydroxyl groups excluding tert-OH is 1. The van der Waals surface area contributed by atoms with Crippen LogP contribution in [0.4, 0.5) is 26.3 Å². The van der Waals surface area contributed by atoms with Crippen molar-refractivity contribution in [1.29, 1.82) is 0 Å². The number of ether oxygens (including phenoxy) is 3. The molecule has 2 aliphatic rings. The van der Waals surface area contributed by atoms with Crippen molar-refractivity contribution in [2.75, 3.05) is 38.2 Å². The van der Waals surface area contributed by atoms with Crippen molar-refractivity contribution >= 4 is 47.9 Å². The number of hydrogen-bond donors (Lipinski definition) is 1. The fraction of sp³-hybridized carbons (Fsp3) is 0.632. The Labute approximate surface area is 350 Å². The van der Waals surface area contributed by atoms with Crippen LogP contribution in [0.15, 0.2) is 58.3 Å². The fourth-order valence-corrected chi connectivity index (χ4v) is 9.96. The van der Waals surface area contributed by atoms with Gasteiger partial charge in [0.05, 0.1) is 34.1 Å². The standard InChI is InChI=1S/C19H26F3NO5S.C13H16F3NO3S.C6H11BrO2/c1-18(2,3)28-17(24)13-27-12-14-8-6-7-11-23(14)29(25,26)16-10-5-4-9-15(16)19(20,21)22;14-13(15,16)11-6-1-2-7-12(11)21(19,20)17-8-4-3-5-10(17)9-18;1-6(2,3)9-5(8)4-7/h4-5,9-10,14H,6-8,11-13H2,1-3H3;1-2,6-7,10,18H,3-5,8-9H2;4H2,1-3H3. The highest BCUT2D eigenvalue weighted by atomic mass is 79.9. The van der Waals surface area contributed by atoms with E-state index in [1.54, 1.807) is 20.8 Å². The summed E-state index contributed by atoms with van der Waals surface area (Å²) in [6, 6.07) is 6.95. The molecule has 2 fully saturated rings. The van der Waals surface area contributed by atoms with E-state index < -0.39 is 83.6 Å². The van der Waals surface area contributed by atoms with Gasteiger partial charge in [-0.3, -0.25) is 4.79 Å². The Bertz CT molecular complexity index is 1900. The number of carbonyl (C=O) groups is 2. The van der Waals surface area contributed by atoms with Crippen molar-refractivity contribution in [3.8, 4) is 0 Å². The number of nitrogens with zero attached hydrogens (tertiary/aromatic N) is 2. The van der Waals surface area contributed by atoms with Crippen molar-refractivity contribution in [3.05, 3.63) is 59.7 Å². The van der Waals surface area contributed by atoms with E-state index in [-0.39, 0.29) is 43.2 Å². The Balaban J connectivity index is 0.000000348. The SMILES string of the molecule is CC(C)(C)OC(=O)CBr.CC(C)(C)OC(=O)COCC1CCCCN1S(=O)(=O)c1ccccc1C(F)(F)F.O=S(=O)(c1ccccc1C(F)(F)F)N1CCCCC1CO. The lowest BCUT2D eigenvalue weighted by Gasteiger charge is -2.35. The van der Waals surface area contributed by atoms with Crippen LogP contribution in [-0.4, -0.2) is 104 Å². The van der Waals surface area contributed by atoms with Gasteiger partial charge in [-0.15, -0.1) is 0 Å². The maximum Gasteiger partial charge on any atom is 0.417 e. The first kappa shape index (κ1) is 52.3. The Kier molecular flexibility index (Phi) is 19.3. The zero-order valence-electron chi connectivity index (χ0n) is 33.7. The highest BCUT2D eigenvalue weighted by Crippen LogP contribution is 2.38. The van der Waals surface area contributed by atoms with Crippen LogP contribution in [0.5, 0.6) is 0 Å². The van der Waals surface area contributed by atoms with Gasteiger partial charge in [-0.05, 0) is 91.5 Å². The molecule has 0 aliphatic carbocycles. The molecule has 2 heterocycles. The first-order valence-corrected chi connectivity index (χ1v) is 22.6. The average Bonchev–Trinajstić information content (AvgIpc) is 3.13. The molecule has 0 bridgehead atoms. The van der Waals surface area contributed by atoms with Crippen molar-refractivity contribution in [2.24, 2.45) is 0 Å². The molecule has 4 rings (SSSR count). The lowest BCUT2D eigenvalue weighted by atomic mass is 10.1. The lowest BCUT2D eigenvalue weighted by Crippen LogP contribution is -2.46. The molecule has 0 amide bonds. The maximum atomic E-state index is 13.3. The number of carbonyl (C=O) groups excluding carboxylic acids is 2. The quantitative estimate of drug-likeness (QED) is 0.143. The minimum absolute atomic E-state index is 0.0923. The zero-order chi connectivity index (χ0) is 45.0. The number of piperidine rings is 2. The number of rotatable bonds is 10. The molecule has 2 atom stereocenters. The highest BCUT2D eigenvalue weighted by molar-refractivity contribution is 9.09. The van der Waals surface area contributed by atoms with Crippen LogP contribution in [0, 0.1) is 0 Å². The largest absolute Gasteiger partial charge is 0.459 e. The van der Waals surface area contributed by atoms with E-state index in [9.17, 15) is 57.9 Å². The summed E-state index contributed by atoms with van der Waals surface area (Å²) in [5.74, 6) is -0.812. The molecule has 12 nitrogen and oxygen atoms in total. The van der Waals surface area contributed by atoms with E-state index in [0.717, 1.165) is 51.4 Å². The number of benzene rings is 2. The van der Waals surface area contributed by atoms with Gasteiger partial charge in [0.2, 0.25) is 20.0 Å². The molecule has 2 aromatic carbocycles. The molecule has 0 radical (unpaired) electrons. The molecule has 21 heteroatoms. The molecule has 2 aliphatic heterocycles. The summed E-state index contributed by atoms with van der Waals surface area (Å²) in [5, 5.41) is 9.54. The first-order valence-electron chi connectivity index (χ1n) is 18.6. The monoisotopic (exact) mass is 954 g/mol. The number of aliphatic hydroxyl groups is 1. The molecule has 59 heavy (non-hydrogen) atoms. The Morgan fingerprint density at radius 1 is 0.678 bits per heavy atom. The third-order valence-electron chi connectivity index (χ3n) is 8.39. The molecule has 1 N–H and O–H groups in total. The Morgan fingerprint density at radius 3 is 1.44 bits per heavy atom. The van der Waals surface area contributed by atoms with Gasteiger partial charge in [-0.1, -0.05) is 53.0 Å². The number of alkyl halides is 7. The van der Waals surface area contributed by atoms with Gasteiger partial charge in [0.25, 0.3) is 0 Å². The minimum Gasteiger partial charge on any atom is -0.459 e. The van der Waals surface area contributed by atoms with Crippen LogP contribution in [0.25, 0.3) is 0 Å². The minimum atomic E-state index is -4.79. The number of sulfonamides is 2. The van der Waals surface area contributed by atoms with Gasteiger partial charge in [0.15, 0.2) is 0 Å². The fourth-order valence-electron chi connectivity index (χ4n) is 6.05. The summed E-state index contributed by atoms with van der Waals surface area (Å²) in [4.78, 5) is 20.8. The van der Waals surface area contributed by atoms with Crippen molar-refractivity contribution in [1.82, 2.24) is 8.61 Å². The summed E-state index contributed by atoms with van der Waals surface area (Å²) in [5.41, 5.74) is -3.40. The van der Waals surface area contributed by atoms with Crippen LogP contribution < -0.4 is 0 Å². The Hall–Kier alpha value is -2.82. The predicted octanol–water partition coefficient (Wildman–Crippen LogP) is 7.57. The van der Waals surface area contributed by atoms with Crippen LogP contribution in [0.3, 0.4) is 0 Å². The summed E-state index contributed by atoms with van der Waals surface area (Å²) in [6.45, 7) is 10.00. The van der Waals surface area contributed by atoms with Crippen molar-refractivity contribution in [2.45, 2.75) is 125 Å². The summed E-state index contributed by atoms with van der Waals surface area (Å²) >= 11 is 2.99. The van der Waals surface area contributed by atoms with E-state index in [0.29, 0.717) is 32.1 Å². The van der Waals surface area contributed by atoms with E-state index in [1.807, 2.05) is 20.8 Å². The van der Waals surface area contributed by atoms with Crippen molar-refractivity contribution in [3.63, 3.8) is 0 Å². The van der Waals surface area contributed by atoms with Crippen LogP contribution in [0.1, 0.15) is 91.2 Å². The number of hydrogen-bond acceptors (Lipinski definition) is 10. The second kappa shape index (κ2) is 21.8. The average molecular weight is 956 g/mol. The van der Waals surface area contributed by atoms with E-state index in [2.05, 4.69) is 15.9 Å². The second-order valence-corrected chi connectivity index (χ2v) is 19.8. The molecular formula is C38H53BrF6N2O10S2. The third-order valence-corrected chi connectivity index (χ3v) is 12.9. The molecule has 0 spiro atoms. The second-order valence-electron chi connectivity index (χ2n) is 15.5.